The van der Waals surface area contributed by atoms with Crippen molar-refractivity contribution in [3.63, 3.8) is 0 Å². The monoisotopic (exact) mass is 312 g/mol. The molecule has 4 N–H and O–H groups in total. The van der Waals surface area contributed by atoms with E-state index in [-0.39, 0.29) is 0 Å². The van der Waals surface area contributed by atoms with Gasteiger partial charge in [-0.1, -0.05) is 0 Å². The SMILES string of the molecule is CCOCCCC(N)O[PH](=O)OC(N)CCCOCC. The van der Waals surface area contributed by atoms with Gasteiger partial charge in [-0.15, -0.1) is 0 Å². The summed E-state index contributed by atoms with van der Waals surface area (Å²) in [5.41, 5.74) is 11.4. The summed E-state index contributed by atoms with van der Waals surface area (Å²) in [5.74, 6) is 0. The van der Waals surface area contributed by atoms with E-state index in [2.05, 4.69) is 0 Å². The Kier molecular flexibility index (Phi) is 13.9. The van der Waals surface area contributed by atoms with Crippen LogP contribution in [-0.4, -0.2) is 38.9 Å². The Balaban J connectivity index is 3.59. The van der Waals surface area contributed by atoms with Gasteiger partial charge in [0.05, 0.1) is 0 Å². The van der Waals surface area contributed by atoms with Crippen LogP contribution in [0.4, 0.5) is 0 Å². The van der Waals surface area contributed by atoms with Crippen LogP contribution in [0.15, 0.2) is 0 Å². The maximum atomic E-state index is 11.6. The van der Waals surface area contributed by atoms with Gasteiger partial charge in [0.1, 0.15) is 12.5 Å². The molecule has 8 heteroatoms. The van der Waals surface area contributed by atoms with Crippen molar-refractivity contribution < 1.29 is 23.1 Å². The number of rotatable bonds is 14. The predicted molar refractivity (Wildman–Crippen MR) is 78.6 cm³/mol. The smallest absolute Gasteiger partial charge is 0.322 e. The van der Waals surface area contributed by atoms with Crippen LogP contribution in [0.2, 0.25) is 0 Å². The van der Waals surface area contributed by atoms with E-state index < -0.39 is 20.7 Å². The predicted octanol–water partition coefficient (Wildman–Crippen LogP) is 1.61. The molecule has 7 nitrogen and oxygen atoms in total. The lowest BCUT2D eigenvalue weighted by molar-refractivity contribution is 0.0975. The molecule has 0 aromatic rings. The van der Waals surface area contributed by atoms with Crippen molar-refractivity contribution in [2.75, 3.05) is 26.4 Å². The van der Waals surface area contributed by atoms with E-state index in [4.69, 9.17) is 30.0 Å². The first kappa shape index (κ1) is 20.0. The molecule has 122 valence electrons. The van der Waals surface area contributed by atoms with Gasteiger partial charge >= 0.3 is 8.25 Å². The van der Waals surface area contributed by atoms with Gasteiger partial charge in [0, 0.05) is 26.4 Å². The number of ether oxygens (including phenoxy) is 2. The molecule has 0 rings (SSSR count). The van der Waals surface area contributed by atoms with Crippen LogP contribution in [0.25, 0.3) is 0 Å². The first-order valence-corrected chi connectivity index (χ1v) is 8.36. The fourth-order valence-electron chi connectivity index (χ4n) is 1.45. The minimum Gasteiger partial charge on any atom is -0.382 e. The molecule has 0 heterocycles. The molecule has 0 aliphatic heterocycles. The molecule has 0 saturated heterocycles. The Hall–Kier alpha value is -0.0100. The van der Waals surface area contributed by atoms with E-state index in [9.17, 15) is 4.57 Å². The quantitative estimate of drug-likeness (QED) is 0.285. The topological polar surface area (TPSA) is 106 Å². The van der Waals surface area contributed by atoms with E-state index in [1.165, 1.54) is 0 Å². The highest BCUT2D eigenvalue weighted by Gasteiger charge is 2.12. The first-order chi connectivity index (χ1) is 9.60. The van der Waals surface area contributed by atoms with Gasteiger partial charge in [-0.25, -0.2) is 0 Å². The molecule has 0 saturated carbocycles. The lowest BCUT2D eigenvalue weighted by Crippen LogP contribution is -2.25. The minimum absolute atomic E-state index is 0.569. The van der Waals surface area contributed by atoms with Gasteiger partial charge in [0.25, 0.3) is 0 Å². The Bertz CT molecular complexity index is 224. The van der Waals surface area contributed by atoms with E-state index in [0.717, 1.165) is 12.8 Å². The Morgan fingerprint density at radius 3 is 1.65 bits per heavy atom. The number of hydrogen-bond acceptors (Lipinski definition) is 7. The highest BCUT2D eigenvalue weighted by molar-refractivity contribution is 7.33. The van der Waals surface area contributed by atoms with Crippen LogP contribution in [0.3, 0.4) is 0 Å². The average Bonchev–Trinajstić information content (AvgIpc) is 2.39. The van der Waals surface area contributed by atoms with Gasteiger partial charge < -0.3 is 20.9 Å². The third-order valence-electron chi connectivity index (χ3n) is 2.46. The molecule has 0 fully saturated rings. The van der Waals surface area contributed by atoms with Crippen molar-refractivity contribution in [1.29, 1.82) is 0 Å². The molecule has 0 radical (unpaired) electrons. The zero-order valence-corrected chi connectivity index (χ0v) is 13.5. The van der Waals surface area contributed by atoms with Crippen molar-refractivity contribution in [1.82, 2.24) is 0 Å². The lowest BCUT2D eigenvalue weighted by Gasteiger charge is -2.16. The third kappa shape index (κ3) is 13.0. The van der Waals surface area contributed by atoms with Crippen LogP contribution >= 0.6 is 8.25 Å². The summed E-state index contributed by atoms with van der Waals surface area (Å²) in [4.78, 5) is 0. The molecule has 20 heavy (non-hydrogen) atoms. The fraction of sp³-hybridized carbons (Fsp3) is 1.00. The van der Waals surface area contributed by atoms with Gasteiger partial charge in [0.2, 0.25) is 0 Å². The summed E-state index contributed by atoms with van der Waals surface area (Å²) in [6.07, 6.45) is 1.42. The van der Waals surface area contributed by atoms with Crippen LogP contribution in [0, 0.1) is 0 Å². The lowest BCUT2D eigenvalue weighted by atomic mass is 10.3. The van der Waals surface area contributed by atoms with Crippen molar-refractivity contribution in [2.45, 2.75) is 52.0 Å². The van der Waals surface area contributed by atoms with E-state index in [1.54, 1.807) is 0 Å². The van der Waals surface area contributed by atoms with Gasteiger partial charge in [-0.2, -0.15) is 0 Å². The highest BCUT2D eigenvalue weighted by atomic mass is 31.1. The molecule has 0 bridgehead atoms. The second-order valence-electron chi connectivity index (χ2n) is 4.24. The van der Waals surface area contributed by atoms with Gasteiger partial charge in [-0.05, 0) is 39.5 Å². The molecule has 0 amide bonds. The standard InChI is InChI=1S/C12H29N2O5P/c1-3-16-9-5-7-11(13)18-20(15)19-12(14)8-6-10-17-4-2/h11-12,20H,3-10,13-14H2,1-2H3. The molecule has 0 aromatic carbocycles. The largest absolute Gasteiger partial charge is 0.382 e. The maximum Gasteiger partial charge on any atom is 0.322 e. The van der Waals surface area contributed by atoms with E-state index >= 15 is 0 Å². The first-order valence-electron chi connectivity index (χ1n) is 7.14. The summed E-state index contributed by atoms with van der Waals surface area (Å²) in [7, 11) is -2.65. The molecule has 2 unspecified atom stereocenters. The van der Waals surface area contributed by atoms with E-state index in [0.29, 0.717) is 39.3 Å². The van der Waals surface area contributed by atoms with Gasteiger partial charge in [0.15, 0.2) is 0 Å². The number of hydrogen-bond donors (Lipinski definition) is 2. The molecular weight excluding hydrogens is 283 g/mol. The molecule has 2 atom stereocenters. The van der Waals surface area contributed by atoms with Crippen molar-refractivity contribution in [2.24, 2.45) is 11.5 Å². The van der Waals surface area contributed by atoms with E-state index in [1.807, 2.05) is 13.8 Å². The summed E-state index contributed by atoms with van der Waals surface area (Å²) in [6, 6.07) is 0. The fourth-order valence-corrected chi connectivity index (χ4v) is 2.24. The Labute approximate surface area is 122 Å². The molecular formula is C12H29N2O5P. The molecule has 0 aliphatic carbocycles. The number of nitrogens with two attached hydrogens (primary N) is 2. The summed E-state index contributed by atoms with van der Waals surface area (Å²) >= 11 is 0. The molecule has 0 aliphatic rings. The maximum absolute atomic E-state index is 11.6. The van der Waals surface area contributed by atoms with Crippen molar-refractivity contribution >= 4 is 8.25 Å². The average molecular weight is 312 g/mol. The Morgan fingerprint density at radius 2 is 1.30 bits per heavy atom. The Morgan fingerprint density at radius 1 is 0.900 bits per heavy atom. The van der Waals surface area contributed by atoms with Crippen LogP contribution < -0.4 is 11.5 Å². The van der Waals surface area contributed by atoms with Crippen LogP contribution in [-0.2, 0) is 23.1 Å². The molecule has 0 spiro atoms. The zero-order valence-electron chi connectivity index (χ0n) is 12.5. The van der Waals surface area contributed by atoms with Gasteiger partial charge in [-0.3, -0.25) is 13.6 Å². The minimum atomic E-state index is -2.65. The molecule has 0 aromatic heterocycles. The zero-order chi connectivity index (χ0) is 15.2. The summed E-state index contributed by atoms with van der Waals surface area (Å²) in [6.45, 7) is 6.43. The van der Waals surface area contributed by atoms with Crippen molar-refractivity contribution in [3.8, 4) is 0 Å². The van der Waals surface area contributed by atoms with Crippen molar-refractivity contribution in [3.05, 3.63) is 0 Å². The highest BCUT2D eigenvalue weighted by Crippen LogP contribution is 2.27. The van der Waals surface area contributed by atoms with Crippen LogP contribution in [0.1, 0.15) is 39.5 Å². The van der Waals surface area contributed by atoms with Crippen LogP contribution in [0.5, 0.6) is 0 Å². The second-order valence-corrected chi connectivity index (χ2v) is 5.21. The second kappa shape index (κ2) is 13.9. The normalized spacial score (nSPS) is 16.0. The summed E-state index contributed by atoms with van der Waals surface area (Å²) in [5, 5.41) is 0. The summed E-state index contributed by atoms with van der Waals surface area (Å²) < 4.78 is 32.0. The third-order valence-corrected chi connectivity index (χ3v) is 3.45.